The fourth-order valence-electron chi connectivity index (χ4n) is 2.60. The van der Waals surface area contributed by atoms with E-state index in [9.17, 15) is 0 Å². The monoisotopic (exact) mass is 459 g/mol. The molecule has 0 N–H and O–H groups in total. The van der Waals surface area contributed by atoms with Crippen LogP contribution in [-0.4, -0.2) is 22.3 Å². The summed E-state index contributed by atoms with van der Waals surface area (Å²) in [5.74, 6) is 0.829. The van der Waals surface area contributed by atoms with E-state index >= 15 is 0 Å². The third kappa shape index (κ3) is 2.31. The lowest BCUT2D eigenvalue weighted by atomic mass is 10.1. The topological polar surface area (TPSA) is 31.2 Å². The van der Waals surface area contributed by atoms with Crippen molar-refractivity contribution in [3.05, 3.63) is 51.9 Å². The van der Waals surface area contributed by atoms with Gasteiger partial charge in [-0.3, -0.25) is 9.89 Å². The second-order valence-electron chi connectivity index (χ2n) is 4.89. The minimum atomic E-state index is -0.0999. The Morgan fingerprint density at radius 3 is 2.86 bits per heavy atom. The Labute approximate surface area is 151 Å². The van der Waals surface area contributed by atoms with Gasteiger partial charge in [-0.05, 0) is 6.07 Å². The molecule has 0 saturated carbocycles. The van der Waals surface area contributed by atoms with Crippen LogP contribution in [0, 0.1) is 0 Å². The van der Waals surface area contributed by atoms with E-state index < -0.39 is 0 Å². The Morgan fingerprint density at radius 1 is 1.23 bits per heavy atom. The summed E-state index contributed by atoms with van der Waals surface area (Å²) in [5, 5.41) is 8.67. The van der Waals surface area contributed by atoms with Crippen LogP contribution in [0.15, 0.2) is 45.8 Å². The second-order valence-corrected chi connectivity index (χ2v) is 9.44. The number of hydrogen-bond donors (Lipinski definition) is 0. The number of hydrazone groups is 1. The van der Waals surface area contributed by atoms with Gasteiger partial charge < -0.3 is 0 Å². The fourth-order valence-corrected chi connectivity index (χ4v) is 5.83. The zero-order valence-electron chi connectivity index (χ0n) is 11.2. The molecule has 1 atom stereocenters. The van der Waals surface area contributed by atoms with Crippen molar-refractivity contribution < 1.29 is 0 Å². The Kier molecular flexibility index (Phi) is 3.76. The van der Waals surface area contributed by atoms with Crippen molar-refractivity contribution in [2.45, 2.75) is 6.54 Å². The van der Waals surface area contributed by atoms with Gasteiger partial charge in [0.25, 0.3) is 19.8 Å². The van der Waals surface area contributed by atoms with Gasteiger partial charge in [0.05, 0.1) is 42.2 Å². The highest BCUT2D eigenvalue weighted by molar-refractivity contribution is 9.34. The van der Waals surface area contributed by atoms with E-state index in [-0.39, 0.29) is 8.90 Å². The van der Waals surface area contributed by atoms with Crippen molar-refractivity contribution >= 4 is 68.0 Å². The number of anilines is 1. The van der Waals surface area contributed by atoms with E-state index in [1.807, 2.05) is 24.3 Å². The third-order valence-corrected chi connectivity index (χ3v) is 7.07. The standard InChI is InChI=1S/C14H10Br2ClN4S/c15-21-8-20-13(19-21)12(10-3-1-2-4-11(10)17)18-7-9-5-6-22(16)14(9)20/h1-6H,7-8H2/q+1. The molecule has 4 rings (SSSR count). The second kappa shape index (κ2) is 5.63. The fraction of sp³-hybridized carbons (Fsp3) is 0.143. The number of rotatable bonds is 1. The Balaban J connectivity index is 1.90. The van der Waals surface area contributed by atoms with Crippen LogP contribution in [0.25, 0.3) is 0 Å². The van der Waals surface area contributed by atoms with Gasteiger partial charge in [0, 0.05) is 11.6 Å². The molecule has 2 aliphatic heterocycles. The summed E-state index contributed by atoms with van der Waals surface area (Å²) >= 11 is 13.6. The molecule has 2 aliphatic rings. The minimum Gasteiger partial charge on any atom is -0.276 e. The average molecular weight is 462 g/mol. The molecular formula is C14H10Br2ClN4S+. The molecule has 2 aromatic rings. The number of aliphatic imine (C=N–C) groups is 1. The van der Waals surface area contributed by atoms with Crippen molar-refractivity contribution in [1.29, 1.82) is 0 Å². The minimum absolute atomic E-state index is 0.0999. The number of hydrogen-bond acceptors (Lipinski definition) is 4. The first-order valence-electron chi connectivity index (χ1n) is 6.55. The first-order chi connectivity index (χ1) is 10.6. The SMILES string of the molecule is Clc1ccccc1C1=NCc2cc[s+](Br)c2N2CN(Br)N=C12. The molecule has 4 nitrogen and oxygen atoms in total. The van der Waals surface area contributed by atoms with Crippen LogP contribution in [0.3, 0.4) is 0 Å². The summed E-state index contributed by atoms with van der Waals surface area (Å²) in [7, 11) is -0.0999. The first kappa shape index (κ1) is 14.7. The predicted molar refractivity (Wildman–Crippen MR) is 100 cm³/mol. The van der Waals surface area contributed by atoms with Crippen molar-refractivity contribution in [3.63, 3.8) is 0 Å². The molecular weight excluding hydrogens is 452 g/mol. The van der Waals surface area contributed by atoms with Crippen LogP contribution in [0.5, 0.6) is 0 Å². The number of fused-ring (bicyclic) bond motifs is 3. The zero-order chi connectivity index (χ0) is 15.3. The van der Waals surface area contributed by atoms with E-state index in [4.69, 9.17) is 16.6 Å². The maximum absolute atomic E-state index is 6.37. The van der Waals surface area contributed by atoms with Crippen LogP contribution in [0.2, 0.25) is 5.02 Å². The van der Waals surface area contributed by atoms with Crippen LogP contribution >= 0.6 is 51.5 Å². The maximum atomic E-state index is 6.37. The van der Waals surface area contributed by atoms with Crippen molar-refractivity contribution in [3.8, 4) is 0 Å². The summed E-state index contributed by atoms with van der Waals surface area (Å²) in [6.07, 6.45) is 0. The summed E-state index contributed by atoms with van der Waals surface area (Å²) in [5.41, 5.74) is 2.97. The molecule has 8 heteroatoms. The number of amidine groups is 1. The van der Waals surface area contributed by atoms with E-state index in [1.165, 1.54) is 10.6 Å². The highest BCUT2D eigenvalue weighted by Crippen LogP contribution is 2.45. The Hall–Kier alpha value is -0.890. The molecule has 1 aromatic heterocycles. The van der Waals surface area contributed by atoms with Gasteiger partial charge in [-0.1, -0.05) is 29.8 Å². The summed E-state index contributed by atoms with van der Waals surface area (Å²) < 4.78 is 1.74. The highest BCUT2D eigenvalue weighted by Gasteiger charge is 2.38. The van der Waals surface area contributed by atoms with E-state index in [0.29, 0.717) is 18.2 Å². The molecule has 1 unspecified atom stereocenters. The lowest BCUT2D eigenvalue weighted by Crippen LogP contribution is -2.33. The van der Waals surface area contributed by atoms with Crippen molar-refractivity contribution in [2.24, 2.45) is 10.1 Å². The molecule has 0 aliphatic carbocycles. The lowest BCUT2D eigenvalue weighted by molar-refractivity contribution is 0.575. The Morgan fingerprint density at radius 2 is 2.05 bits per heavy atom. The normalized spacial score (nSPS) is 17.7. The number of thiophene rings is 1. The zero-order valence-corrected chi connectivity index (χ0v) is 16.0. The van der Waals surface area contributed by atoms with E-state index in [0.717, 1.165) is 17.1 Å². The maximum Gasteiger partial charge on any atom is 0.270 e. The first-order valence-corrected chi connectivity index (χ1v) is 10.8. The third-order valence-electron chi connectivity index (χ3n) is 3.56. The van der Waals surface area contributed by atoms with Crippen LogP contribution < -0.4 is 4.90 Å². The van der Waals surface area contributed by atoms with Gasteiger partial charge in [0.2, 0.25) is 0 Å². The van der Waals surface area contributed by atoms with Gasteiger partial charge in [-0.2, -0.15) is 0 Å². The molecule has 0 amide bonds. The quantitative estimate of drug-likeness (QED) is 0.444. The molecule has 0 saturated heterocycles. The van der Waals surface area contributed by atoms with Crippen LogP contribution in [0.4, 0.5) is 5.00 Å². The van der Waals surface area contributed by atoms with Gasteiger partial charge in [-0.15, -0.1) is 5.10 Å². The highest BCUT2D eigenvalue weighted by atomic mass is 79.9. The lowest BCUT2D eigenvalue weighted by Gasteiger charge is -2.15. The van der Waals surface area contributed by atoms with E-state index in [2.05, 4.69) is 52.4 Å². The van der Waals surface area contributed by atoms with Crippen molar-refractivity contribution in [1.82, 2.24) is 4.03 Å². The largest absolute Gasteiger partial charge is 0.276 e. The summed E-state index contributed by atoms with van der Waals surface area (Å²) in [6.45, 7) is 1.29. The van der Waals surface area contributed by atoms with Crippen LogP contribution in [-0.2, 0) is 6.54 Å². The molecule has 0 radical (unpaired) electrons. The number of nitrogens with zero attached hydrogens (tertiary/aromatic N) is 4. The van der Waals surface area contributed by atoms with Gasteiger partial charge in [-0.25, -0.2) is 4.03 Å². The summed E-state index contributed by atoms with van der Waals surface area (Å²) in [4.78, 5) is 6.99. The average Bonchev–Trinajstić information content (AvgIpc) is 3.00. The van der Waals surface area contributed by atoms with Gasteiger partial charge in [0.15, 0.2) is 11.2 Å². The molecule has 0 fully saturated rings. The predicted octanol–water partition coefficient (Wildman–Crippen LogP) is 4.95. The molecule has 112 valence electrons. The number of benzene rings is 1. The molecule has 0 bridgehead atoms. The van der Waals surface area contributed by atoms with Gasteiger partial charge in [0.1, 0.15) is 12.4 Å². The van der Waals surface area contributed by atoms with E-state index in [1.54, 1.807) is 4.03 Å². The number of halogens is 3. The summed E-state index contributed by atoms with van der Waals surface area (Å²) in [6, 6.07) is 9.90. The van der Waals surface area contributed by atoms with Gasteiger partial charge >= 0.3 is 0 Å². The molecule has 22 heavy (non-hydrogen) atoms. The molecule has 0 spiro atoms. The molecule has 3 heterocycles. The smallest absolute Gasteiger partial charge is 0.270 e. The molecule has 1 aromatic carbocycles. The Bertz CT molecular complexity index is 817. The van der Waals surface area contributed by atoms with Crippen LogP contribution in [0.1, 0.15) is 11.1 Å². The van der Waals surface area contributed by atoms with Crippen molar-refractivity contribution in [2.75, 3.05) is 11.6 Å².